The summed E-state index contributed by atoms with van der Waals surface area (Å²) in [4.78, 5) is 10.4. The molecule has 1 aromatic heterocycles. The van der Waals surface area contributed by atoms with Crippen molar-refractivity contribution in [2.24, 2.45) is 9.98 Å². The highest BCUT2D eigenvalue weighted by molar-refractivity contribution is 6.17. The van der Waals surface area contributed by atoms with Gasteiger partial charge in [-0.2, -0.15) is 0 Å². The summed E-state index contributed by atoms with van der Waals surface area (Å²) in [6, 6.07) is 74.3. The lowest BCUT2D eigenvalue weighted by Gasteiger charge is -2.22. The van der Waals surface area contributed by atoms with E-state index in [9.17, 15) is 0 Å². The van der Waals surface area contributed by atoms with E-state index < -0.39 is 6.17 Å². The van der Waals surface area contributed by atoms with Gasteiger partial charge in [-0.05, 0) is 74.4 Å². The Morgan fingerprint density at radius 2 is 0.860 bits per heavy atom. The van der Waals surface area contributed by atoms with Gasteiger partial charge in [0.05, 0.1) is 0 Å². The molecule has 0 saturated carbocycles. The summed E-state index contributed by atoms with van der Waals surface area (Å²) < 4.78 is 6.26. The molecular weight excluding hydrogens is 695 g/mol. The molecule has 10 rings (SSSR count). The van der Waals surface area contributed by atoms with E-state index in [4.69, 9.17) is 14.4 Å². The molecule has 0 fully saturated rings. The monoisotopic (exact) mass is 731 g/mol. The SMILES string of the molecule is c1ccc(C2=NC(c3cccc(-c4ccc(C(=C(c5ccccc5)c5ccccc5)c5ccccc5)cc4)c3)N=C(c3ccc4c(c3)oc3ccccc34)N2)cc1. The molecule has 0 bridgehead atoms. The van der Waals surface area contributed by atoms with Gasteiger partial charge in [0.2, 0.25) is 0 Å². The van der Waals surface area contributed by atoms with Gasteiger partial charge in [0.1, 0.15) is 22.8 Å². The highest BCUT2D eigenvalue weighted by Crippen LogP contribution is 2.38. The normalized spacial score (nSPS) is 13.8. The van der Waals surface area contributed by atoms with E-state index in [-0.39, 0.29) is 0 Å². The molecule has 2 heterocycles. The van der Waals surface area contributed by atoms with Crippen LogP contribution in [0.2, 0.25) is 0 Å². The third kappa shape index (κ3) is 6.75. The van der Waals surface area contributed by atoms with Crippen LogP contribution < -0.4 is 5.32 Å². The van der Waals surface area contributed by atoms with Crippen LogP contribution in [0.15, 0.2) is 227 Å². The summed E-state index contributed by atoms with van der Waals surface area (Å²) >= 11 is 0. The zero-order valence-electron chi connectivity index (χ0n) is 31.1. The van der Waals surface area contributed by atoms with E-state index in [1.165, 1.54) is 27.8 Å². The number of rotatable bonds is 8. The first-order chi connectivity index (χ1) is 28.2. The predicted molar refractivity (Wildman–Crippen MR) is 235 cm³/mol. The Hall–Kier alpha value is -7.56. The lowest BCUT2D eigenvalue weighted by Crippen LogP contribution is -2.36. The number of amidine groups is 2. The molecule has 0 spiro atoms. The van der Waals surface area contributed by atoms with Crippen LogP contribution in [0.1, 0.15) is 45.1 Å². The Labute approximate surface area is 331 Å². The molecule has 0 amide bonds. The molecule has 9 aromatic rings. The summed E-state index contributed by atoms with van der Waals surface area (Å²) in [5.74, 6) is 1.52. The van der Waals surface area contributed by atoms with Crippen LogP contribution in [0.4, 0.5) is 0 Å². The largest absolute Gasteiger partial charge is 0.456 e. The van der Waals surface area contributed by atoms with Crippen LogP contribution in [0.5, 0.6) is 0 Å². The summed E-state index contributed by atoms with van der Waals surface area (Å²) in [7, 11) is 0. The molecule has 1 N–H and O–H groups in total. The van der Waals surface area contributed by atoms with Crippen LogP contribution in [-0.2, 0) is 0 Å². The molecule has 57 heavy (non-hydrogen) atoms. The highest BCUT2D eigenvalue weighted by atomic mass is 16.3. The zero-order chi connectivity index (χ0) is 38.0. The maximum atomic E-state index is 6.26. The van der Waals surface area contributed by atoms with Crippen molar-refractivity contribution in [1.82, 2.24) is 5.32 Å². The number of hydrogen-bond donors (Lipinski definition) is 1. The quantitative estimate of drug-likeness (QED) is 0.158. The van der Waals surface area contributed by atoms with Gasteiger partial charge in [-0.15, -0.1) is 0 Å². The van der Waals surface area contributed by atoms with E-state index in [1.807, 2.05) is 36.4 Å². The van der Waals surface area contributed by atoms with Crippen LogP contribution in [0.3, 0.4) is 0 Å². The minimum absolute atomic E-state index is 0.450. The molecule has 0 saturated heterocycles. The molecule has 4 heteroatoms. The molecule has 1 unspecified atom stereocenters. The molecule has 1 atom stereocenters. The number of benzene rings is 8. The molecule has 1 aliphatic rings. The molecule has 0 aliphatic carbocycles. The van der Waals surface area contributed by atoms with Crippen LogP contribution in [-0.4, -0.2) is 11.7 Å². The van der Waals surface area contributed by atoms with Gasteiger partial charge in [-0.3, -0.25) is 0 Å². The van der Waals surface area contributed by atoms with Gasteiger partial charge < -0.3 is 9.73 Å². The van der Waals surface area contributed by atoms with Crippen molar-refractivity contribution in [2.75, 3.05) is 0 Å². The number of para-hydroxylation sites is 1. The number of fused-ring (bicyclic) bond motifs is 3. The number of hydrogen-bond acceptors (Lipinski definition) is 4. The third-order valence-electron chi connectivity index (χ3n) is 10.6. The van der Waals surface area contributed by atoms with Gasteiger partial charge in [-0.25, -0.2) is 9.98 Å². The lowest BCUT2D eigenvalue weighted by molar-refractivity contribution is 0.668. The second-order valence-corrected chi connectivity index (χ2v) is 14.2. The van der Waals surface area contributed by atoms with Crippen molar-refractivity contribution in [3.8, 4) is 11.1 Å². The minimum atomic E-state index is -0.450. The van der Waals surface area contributed by atoms with Crippen LogP contribution in [0.25, 0.3) is 44.2 Å². The fourth-order valence-corrected chi connectivity index (χ4v) is 7.80. The Morgan fingerprint density at radius 1 is 0.368 bits per heavy atom. The standard InChI is InChI=1S/C53H37N3O/c1-5-16-37(17-6-1)49(38-18-7-2-8-19-38)50(39-20-9-3-10-21-39)40-30-28-36(29-31-40)42-24-15-25-43(34-42)52-54-51(41-22-11-4-12-23-41)55-53(56-52)44-32-33-46-45-26-13-14-27-47(45)57-48(46)35-44/h1-35,52H,(H,54,55,56). The van der Waals surface area contributed by atoms with Gasteiger partial charge in [-0.1, -0.05) is 188 Å². The van der Waals surface area contributed by atoms with Crippen LogP contribution in [0, 0.1) is 0 Å². The summed E-state index contributed by atoms with van der Waals surface area (Å²) in [5.41, 5.74) is 13.9. The number of nitrogens with zero attached hydrogens (tertiary/aromatic N) is 2. The fraction of sp³-hybridized carbons (Fsp3) is 0.0189. The zero-order valence-corrected chi connectivity index (χ0v) is 31.1. The van der Waals surface area contributed by atoms with Crippen molar-refractivity contribution in [1.29, 1.82) is 0 Å². The van der Waals surface area contributed by atoms with Gasteiger partial charge in [0.25, 0.3) is 0 Å². The fourth-order valence-electron chi connectivity index (χ4n) is 7.80. The number of nitrogens with one attached hydrogen (secondary N) is 1. The third-order valence-corrected chi connectivity index (χ3v) is 10.6. The lowest BCUT2D eigenvalue weighted by atomic mass is 9.85. The molecule has 270 valence electrons. The first kappa shape index (κ1) is 34.0. The maximum absolute atomic E-state index is 6.26. The van der Waals surface area contributed by atoms with Gasteiger partial charge >= 0.3 is 0 Å². The Kier molecular flexibility index (Phi) is 8.90. The predicted octanol–water partition coefficient (Wildman–Crippen LogP) is 12.8. The average molecular weight is 732 g/mol. The van der Waals surface area contributed by atoms with Gasteiger partial charge in [0.15, 0.2) is 6.17 Å². The first-order valence-electron chi connectivity index (χ1n) is 19.3. The van der Waals surface area contributed by atoms with Crippen LogP contribution >= 0.6 is 0 Å². The van der Waals surface area contributed by atoms with E-state index in [0.29, 0.717) is 0 Å². The minimum Gasteiger partial charge on any atom is -0.456 e. The molecule has 0 radical (unpaired) electrons. The van der Waals surface area contributed by atoms with E-state index in [0.717, 1.165) is 67.0 Å². The number of aliphatic imine (C=N–C) groups is 2. The van der Waals surface area contributed by atoms with Crippen molar-refractivity contribution < 1.29 is 4.42 Å². The molecule has 1 aliphatic heterocycles. The second-order valence-electron chi connectivity index (χ2n) is 14.2. The number of furan rings is 1. The van der Waals surface area contributed by atoms with Crippen molar-refractivity contribution in [3.63, 3.8) is 0 Å². The van der Waals surface area contributed by atoms with Crippen molar-refractivity contribution in [3.05, 3.63) is 251 Å². The van der Waals surface area contributed by atoms with Crippen molar-refractivity contribution >= 4 is 44.8 Å². The summed E-state index contributed by atoms with van der Waals surface area (Å²) in [6.07, 6.45) is -0.450. The van der Waals surface area contributed by atoms with Gasteiger partial charge in [0, 0.05) is 21.9 Å². The molecule has 4 nitrogen and oxygen atoms in total. The Balaban J connectivity index is 1.04. The Morgan fingerprint density at radius 3 is 1.49 bits per heavy atom. The summed E-state index contributed by atoms with van der Waals surface area (Å²) in [5, 5.41) is 5.74. The second kappa shape index (κ2) is 14.9. The smallest absolute Gasteiger partial charge is 0.169 e. The summed E-state index contributed by atoms with van der Waals surface area (Å²) in [6.45, 7) is 0. The highest BCUT2D eigenvalue weighted by Gasteiger charge is 2.22. The van der Waals surface area contributed by atoms with E-state index in [1.54, 1.807) is 0 Å². The van der Waals surface area contributed by atoms with E-state index in [2.05, 4.69) is 181 Å². The Bertz CT molecular complexity index is 2910. The average Bonchev–Trinajstić information content (AvgIpc) is 3.67. The maximum Gasteiger partial charge on any atom is 0.169 e. The van der Waals surface area contributed by atoms with Crippen molar-refractivity contribution in [2.45, 2.75) is 6.17 Å². The van der Waals surface area contributed by atoms with E-state index >= 15 is 0 Å². The molecular formula is C53H37N3O. The topological polar surface area (TPSA) is 49.9 Å². The molecule has 8 aromatic carbocycles. The first-order valence-corrected chi connectivity index (χ1v) is 19.3.